The maximum atomic E-state index is 12.5. The first-order valence-corrected chi connectivity index (χ1v) is 8.37. The van der Waals surface area contributed by atoms with Crippen LogP contribution in [0.3, 0.4) is 0 Å². The lowest BCUT2D eigenvalue weighted by Gasteiger charge is -2.23. The van der Waals surface area contributed by atoms with E-state index in [4.69, 9.17) is 0 Å². The molecule has 1 aromatic heterocycles. The molecule has 21 heavy (non-hydrogen) atoms. The minimum absolute atomic E-state index is 0.238. The third kappa shape index (κ3) is 3.08. The number of benzene rings is 1. The van der Waals surface area contributed by atoms with Crippen molar-refractivity contribution in [2.75, 3.05) is 6.61 Å². The van der Waals surface area contributed by atoms with Crippen molar-refractivity contribution >= 4 is 37.4 Å². The van der Waals surface area contributed by atoms with E-state index >= 15 is 0 Å². The van der Waals surface area contributed by atoms with Crippen LogP contribution in [0.15, 0.2) is 29.2 Å². The van der Waals surface area contributed by atoms with Crippen LogP contribution < -0.4 is 4.72 Å². The predicted molar refractivity (Wildman–Crippen MR) is 80.3 cm³/mol. The van der Waals surface area contributed by atoms with Crippen LogP contribution in [0.2, 0.25) is 0 Å². The van der Waals surface area contributed by atoms with Gasteiger partial charge in [0.2, 0.25) is 10.0 Å². The Morgan fingerprint density at radius 2 is 1.95 bits per heavy atom. The zero-order valence-electron chi connectivity index (χ0n) is 11.5. The Labute approximate surface area is 126 Å². The number of aliphatic hydroxyl groups excluding tert-OH is 1. The third-order valence-electron chi connectivity index (χ3n) is 2.82. The molecule has 0 aliphatic heterocycles. The number of carboxylic acid groups (broad SMARTS) is 1. The van der Waals surface area contributed by atoms with E-state index < -0.39 is 28.1 Å². The third-order valence-corrected chi connectivity index (χ3v) is 5.89. The van der Waals surface area contributed by atoms with Crippen molar-refractivity contribution in [3.05, 3.63) is 29.1 Å². The van der Waals surface area contributed by atoms with Gasteiger partial charge in [-0.1, -0.05) is 18.2 Å². The molecule has 0 saturated heterocycles. The average Bonchev–Trinajstić information content (AvgIpc) is 2.77. The van der Waals surface area contributed by atoms with Gasteiger partial charge in [-0.05, 0) is 19.9 Å². The minimum atomic E-state index is -4.07. The molecule has 0 saturated carbocycles. The highest BCUT2D eigenvalue weighted by molar-refractivity contribution is 7.90. The van der Waals surface area contributed by atoms with Gasteiger partial charge in [-0.3, -0.25) is 0 Å². The first-order valence-electron chi connectivity index (χ1n) is 6.07. The Kier molecular flexibility index (Phi) is 4.07. The number of sulfonamides is 1. The highest BCUT2D eigenvalue weighted by Gasteiger charge is 2.32. The fourth-order valence-corrected chi connectivity index (χ4v) is 5.02. The zero-order chi connectivity index (χ0) is 15.8. The van der Waals surface area contributed by atoms with Gasteiger partial charge in [0.05, 0.1) is 12.1 Å². The van der Waals surface area contributed by atoms with E-state index in [-0.39, 0.29) is 9.77 Å². The van der Waals surface area contributed by atoms with E-state index in [9.17, 15) is 23.4 Å². The number of nitrogens with one attached hydrogen (secondary N) is 1. The minimum Gasteiger partial charge on any atom is -0.477 e. The topological polar surface area (TPSA) is 104 Å². The monoisotopic (exact) mass is 329 g/mol. The summed E-state index contributed by atoms with van der Waals surface area (Å²) < 4.78 is 28.0. The van der Waals surface area contributed by atoms with E-state index in [2.05, 4.69) is 4.72 Å². The number of thiophene rings is 1. The largest absolute Gasteiger partial charge is 0.477 e. The van der Waals surface area contributed by atoms with Gasteiger partial charge >= 0.3 is 5.97 Å². The van der Waals surface area contributed by atoms with Crippen molar-refractivity contribution in [1.82, 2.24) is 4.72 Å². The molecule has 6 nitrogen and oxygen atoms in total. The van der Waals surface area contributed by atoms with Gasteiger partial charge in [-0.25, -0.2) is 17.9 Å². The lowest BCUT2D eigenvalue weighted by Crippen LogP contribution is -2.46. The van der Waals surface area contributed by atoms with E-state index in [1.807, 2.05) is 0 Å². The maximum Gasteiger partial charge on any atom is 0.347 e. The summed E-state index contributed by atoms with van der Waals surface area (Å²) >= 11 is 0.911. The molecular weight excluding hydrogens is 314 g/mol. The quantitative estimate of drug-likeness (QED) is 0.774. The molecule has 2 aromatic rings. The number of fused-ring (bicyclic) bond motifs is 1. The van der Waals surface area contributed by atoms with Crippen LogP contribution in [0.5, 0.6) is 0 Å². The van der Waals surface area contributed by atoms with Crippen LogP contribution in [0, 0.1) is 0 Å². The molecule has 0 aliphatic rings. The fraction of sp³-hybridized carbons (Fsp3) is 0.308. The average molecular weight is 329 g/mol. The zero-order valence-corrected chi connectivity index (χ0v) is 13.1. The van der Waals surface area contributed by atoms with Crippen LogP contribution >= 0.6 is 11.3 Å². The number of aromatic carboxylic acids is 1. The first kappa shape index (κ1) is 15.9. The summed E-state index contributed by atoms with van der Waals surface area (Å²) in [6, 6.07) is 6.60. The van der Waals surface area contributed by atoms with Crippen molar-refractivity contribution in [3.8, 4) is 0 Å². The lowest BCUT2D eigenvalue weighted by atomic mass is 10.1. The Bertz CT molecular complexity index is 792. The molecule has 1 heterocycles. The Morgan fingerprint density at radius 3 is 2.52 bits per heavy atom. The summed E-state index contributed by atoms with van der Waals surface area (Å²) in [6.07, 6.45) is 0. The van der Waals surface area contributed by atoms with Gasteiger partial charge in [0.25, 0.3) is 0 Å². The van der Waals surface area contributed by atoms with Gasteiger partial charge in [0.15, 0.2) is 0 Å². The predicted octanol–water partition coefficient (Wildman–Crippen LogP) is 1.65. The van der Waals surface area contributed by atoms with Crippen molar-refractivity contribution in [3.63, 3.8) is 0 Å². The second-order valence-corrected chi connectivity index (χ2v) is 7.88. The standard InChI is InChI=1S/C13H15NO5S2/c1-13(2,7-15)14-21(18,19)11-8-5-3-4-6-9(8)20-10(11)12(16)17/h3-6,14-15H,7H2,1-2H3,(H,16,17). The number of carboxylic acids is 1. The molecule has 0 amide bonds. The number of carbonyl (C=O) groups is 1. The summed E-state index contributed by atoms with van der Waals surface area (Å²) in [5.74, 6) is -1.29. The Morgan fingerprint density at radius 1 is 1.33 bits per heavy atom. The first-order chi connectivity index (χ1) is 9.68. The van der Waals surface area contributed by atoms with Gasteiger partial charge in [-0.2, -0.15) is 0 Å². The molecule has 0 unspecified atom stereocenters. The van der Waals surface area contributed by atoms with Crippen LogP contribution in [-0.2, 0) is 10.0 Å². The van der Waals surface area contributed by atoms with Crippen LogP contribution in [0.4, 0.5) is 0 Å². The summed E-state index contributed by atoms with van der Waals surface area (Å²) in [5.41, 5.74) is -1.09. The molecule has 3 N–H and O–H groups in total. The highest BCUT2D eigenvalue weighted by atomic mass is 32.2. The Balaban J connectivity index is 2.70. The molecule has 1 aromatic carbocycles. The number of hydrogen-bond donors (Lipinski definition) is 3. The molecule has 0 bridgehead atoms. The summed E-state index contributed by atoms with van der Waals surface area (Å²) in [4.78, 5) is 10.9. The van der Waals surface area contributed by atoms with Crippen LogP contribution in [0.25, 0.3) is 10.1 Å². The molecule has 0 spiro atoms. The molecule has 2 rings (SSSR count). The normalized spacial score (nSPS) is 12.7. The second kappa shape index (κ2) is 5.38. The fourth-order valence-electron chi connectivity index (χ4n) is 1.88. The van der Waals surface area contributed by atoms with Crippen molar-refractivity contribution in [2.24, 2.45) is 0 Å². The summed E-state index contributed by atoms with van der Waals surface area (Å²) in [6.45, 7) is 2.62. The number of rotatable bonds is 5. The van der Waals surface area contributed by atoms with Gasteiger partial charge in [0.1, 0.15) is 9.77 Å². The van der Waals surface area contributed by atoms with Gasteiger partial charge in [-0.15, -0.1) is 11.3 Å². The SMILES string of the molecule is CC(C)(CO)NS(=O)(=O)c1c(C(=O)O)sc2ccccc12. The van der Waals surface area contributed by atoms with E-state index in [0.29, 0.717) is 10.1 Å². The van der Waals surface area contributed by atoms with Crippen molar-refractivity contribution in [1.29, 1.82) is 0 Å². The maximum absolute atomic E-state index is 12.5. The summed E-state index contributed by atoms with van der Waals surface area (Å²) in [5, 5.41) is 18.8. The second-order valence-electron chi connectivity index (χ2n) is 5.21. The van der Waals surface area contributed by atoms with Crippen molar-refractivity contribution in [2.45, 2.75) is 24.3 Å². The molecule has 0 fully saturated rings. The summed E-state index contributed by atoms with van der Waals surface area (Å²) in [7, 11) is -4.07. The molecule has 8 heteroatoms. The van der Waals surface area contributed by atoms with E-state index in [1.165, 1.54) is 13.8 Å². The molecule has 0 atom stereocenters. The number of hydrogen-bond acceptors (Lipinski definition) is 5. The molecule has 114 valence electrons. The molecule has 0 radical (unpaired) electrons. The van der Waals surface area contributed by atoms with Crippen LogP contribution in [-0.4, -0.2) is 36.7 Å². The smallest absolute Gasteiger partial charge is 0.347 e. The lowest BCUT2D eigenvalue weighted by molar-refractivity contribution is 0.0698. The van der Waals surface area contributed by atoms with Gasteiger partial charge < -0.3 is 10.2 Å². The highest BCUT2D eigenvalue weighted by Crippen LogP contribution is 2.35. The molecular formula is C13H15NO5S2. The number of aliphatic hydroxyl groups is 1. The van der Waals surface area contributed by atoms with Crippen LogP contribution in [0.1, 0.15) is 23.5 Å². The Hall–Kier alpha value is -1.48. The van der Waals surface area contributed by atoms with Gasteiger partial charge in [0, 0.05) is 10.1 Å². The van der Waals surface area contributed by atoms with E-state index in [1.54, 1.807) is 24.3 Å². The van der Waals surface area contributed by atoms with E-state index in [0.717, 1.165) is 11.3 Å². The molecule has 0 aliphatic carbocycles. The van der Waals surface area contributed by atoms with Crippen molar-refractivity contribution < 1.29 is 23.4 Å².